The predicted octanol–water partition coefficient (Wildman–Crippen LogP) is 0.707. The van der Waals surface area contributed by atoms with Gasteiger partial charge in [0, 0.05) is 33.7 Å². The SMILES string of the molecule is C=C1c2c(Cl)ccc(O)c2C(O)=C2C(=O)[C@]3(O)C(O)=C(C(N)=O)C(=O)[Si][C@@H](N(C)C)[C@@H]3C[C@H]12. The molecule has 0 spiro atoms. The van der Waals surface area contributed by atoms with E-state index < -0.39 is 66.8 Å². The molecule has 2 aliphatic carbocycles. The van der Waals surface area contributed by atoms with Crippen molar-refractivity contribution in [3.8, 4) is 5.75 Å². The summed E-state index contributed by atoms with van der Waals surface area (Å²) in [5, 5.41) is 43.4. The highest BCUT2D eigenvalue weighted by molar-refractivity contribution is 6.80. The van der Waals surface area contributed by atoms with E-state index in [2.05, 4.69) is 6.58 Å². The van der Waals surface area contributed by atoms with Crippen molar-refractivity contribution in [1.82, 2.24) is 4.90 Å². The van der Waals surface area contributed by atoms with Crippen LogP contribution in [0, 0.1) is 11.8 Å². The molecule has 6 N–H and O–H groups in total. The van der Waals surface area contributed by atoms with Crippen molar-refractivity contribution in [3.63, 3.8) is 0 Å². The van der Waals surface area contributed by atoms with Gasteiger partial charge in [0.05, 0.1) is 5.56 Å². The van der Waals surface area contributed by atoms with Crippen LogP contribution in [0.5, 0.6) is 5.75 Å². The molecule has 1 aromatic rings. The lowest BCUT2D eigenvalue weighted by Gasteiger charge is -2.47. The normalized spacial score (nSPS) is 29.6. The summed E-state index contributed by atoms with van der Waals surface area (Å²) in [6.07, 6.45) is -0.00881. The molecule has 3 aliphatic rings. The summed E-state index contributed by atoms with van der Waals surface area (Å²) in [6.45, 7) is 4.04. The first-order chi connectivity index (χ1) is 15.3. The molecule has 11 heteroatoms. The van der Waals surface area contributed by atoms with Crippen LogP contribution < -0.4 is 5.73 Å². The zero-order valence-corrected chi connectivity index (χ0v) is 19.5. The van der Waals surface area contributed by atoms with Crippen LogP contribution in [0.15, 0.2) is 35.6 Å². The monoisotopic (exact) mass is 488 g/mol. The van der Waals surface area contributed by atoms with Gasteiger partial charge in [0.2, 0.25) is 5.78 Å². The van der Waals surface area contributed by atoms with E-state index >= 15 is 0 Å². The van der Waals surface area contributed by atoms with Gasteiger partial charge < -0.3 is 35.9 Å². The Morgan fingerprint density at radius 2 is 1.88 bits per heavy atom. The Hall–Kier alpha value is -2.92. The second kappa shape index (κ2) is 7.56. The van der Waals surface area contributed by atoms with E-state index in [9.17, 15) is 34.8 Å². The zero-order valence-electron chi connectivity index (χ0n) is 17.7. The molecule has 33 heavy (non-hydrogen) atoms. The summed E-state index contributed by atoms with van der Waals surface area (Å²) in [5.74, 6) is -6.34. The summed E-state index contributed by atoms with van der Waals surface area (Å²) in [6, 6.07) is 2.68. The molecule has 1 aliphatic heterocycles. The summed E-state index contributed by atoms with van der Waals surface area (Å²) >= 11 is 6.32. The minimum Gasteiger partial charge on any atom is -0.508 e. The molecule has 9 nitrogen and oxygen atoms in total. The third-order valence-corrected chi connectivity index (χ3v) is 8.66. The summed E-state index contributed by atoms with van der Waals surface area (Å²) in [7, 11) is 2.70. The lowest BCUT2D eigenvalue weighted by atomic mass is 9.61. The van der Waals surface area contributed by atoms with E-state index in [-0.39, 0.29) is 33.9 Å². The van der Waals surface area contributed by atoms with E-state index in [0.717, 1.165) is 0 Å². The molecule has 172 valence electrons. The van der Waals surface area contributed by atoms with Crippen LogP contribution in [0.25, 0.3) is 11.3 Å². The van der Waals surface area contributed by atoms with Gasteiger partial charge in [-0.1, -0.05) is 18.2 Å². The van der Waals surface area contributed by atoms with Gasteiger partial charge in [-0.05, 0) is 38.2 Å². The summed E-state index contributed by atoms with van der Waals surface area (Å²) in [5.41, 5.74) is 1.23. The highest BCUT2D eigenvalue weighted by Crippen LogP contribution is 2.55. The number of primary amides is 1. The van der Waals surface area contributed by atoms with Gasteiger partial charge in [0.1, 0.15) is 28.2 Å². The number of phenols is 1. The van der Waals surface area contributed by atoms with Crippen molar-refractivity contribution in [2.45, 2.75) is 17.7 Å². The molecule has 0 unspecified atom stereocenters. The van der Waals surface area contributed by atoms with Crippen LogP contribution in [0.3, 0.4) is 0 Å². The van der Waals surface area contributed by atoms with Crippen LogP contribution in [-0.4, -0.2) is 77.3 Å². The topological polar surface area (TPSA) is 161 Å². The first-order valence-electron chi connectivity index (χ1n) is 9.96. The van der Waals surface area contributed by atoms with Gasteiger partial charge in [-0.3, -0.25) is 9.59 Å². The number of nitrogens with zero attached hydrogens (tertiary/aromatic N) is 1. The molecular formula is C22H21ClN2O7Si. The Bertz CT molecular complexity index is 1220. The van der Waals surface area contributed by atoms with Crippen LogP contribution in [0.4, 0.5) is 0 Å². The van der Waals surface area contributed by atoms with Gasteiger partial charge in [0.25, 0.3) is 5.91 Å². The molecule has 1 saturated carbocycles. The van der Waals surface area contributed by atoms with Crippen molar-refractivity contribution in [2.24, 2.45) is 17.6 Å². The second-order valence-corrected chi connectivity index (χ2v) is 10.3. The number of hydrogen-bond donors (Lipinski definition) is 5. The Balaban J connectivity index is 2.05. The average Bonchev–Trinajstić information content (AvgIpc) is 2.81. The quantitative estimate of drug-likeness (QED) is 0.300. The van der Waals surface area contributed by atoms with Crippen LogP contribution in [0.2, 0.25) is 5.02 Å². The van der Waals surface area contributed by atoms with Crippen molar-refractivity contribution < 1.29 is 34.8 Å². The van der Waals surface area contributed by atoms with E-state index in [1.165, 1.54) is 12.1 Å². The largest absolute Gasteiger partial charge is 0.508 e. The maximum atomic E-state index is 13.8. The molecular weight excluding hydrogens is 468 g/mol. The number of aliphatic hydroxyl groups is 3. The highest BCUT2D eigenvalue weighted by atomic mass is 35.5. The maximum absolute atomic E-state index is 13.8. The number of benzene rings is 1. The van der Waals surface area contributed by atoms with Gasteiger partial charge in [-0.2, -0.15) is 0 Å². The maximum Gasteiger partial charge on any atom is 0.255 e. The smallest absolute Gasteiger partial charge is 0.255 e. The minimum absolute atomic E-state index is 0.00881. The number of amides is 1. The molecule has 1 heterocycles. The van der Waals surface area contributed by atoms with Crippen molar-refractivity contribution in [1.29, 1.82) is 0 Å². The molecule has 0 aromatic heterocycles. The highest BCUT2D eigenvalue weighted by Gasteiger charge is 2.62. The predicted molar refractivity (Wildman–Crippen MR) is 120 cm³/mol. The molecule has 0 saturated heterocycles. The van der Waals surface area contributed by atoms with Crippen LogP contribution in [-0.2, 0) is 14.4 Å². The number of hydrogen-bond acceptors (Lipinski definition) is 8. The number of rotatable bonds is 2. The number of ketones is 1. The number of allylic oxidation sites excluding steroid dienone is 1. The van der Waals surface area contributed by atoms with Crippen LogP contribution >= 0.6 is 11.6 Å². The van der Waals surface area contributed by atoms with E-state index in [0.29, 0.717) is 5.57 Å². The van der Waals surface area contributed by atoms with Crippen molar-refractivity contribution in [2.75, 3.05) is 14.1 Å². The summed E-state index contributed by atoms with van der Waals surface area (Å²) in [4.78, 5) is 40.2. The standard InChI is InChI=1S/C22H21ClN2O7Si/c1-7-8-6-9-20(25(2)3)33-21(31)15(19(24)30)18(29)22(9,32)17(28)13(8)16(27)14-11(26)5-4-10(23)12(7)14/h4-5,8-9,20,26-27,29,32H,1,6H2,2-3H3,(H2,24,30)/t8-,9+,20-,22+/m1/s1. The Morgan fingerprint density at radius 3 is 2.45 bits per heavy atom. The number of Topliss-reactive ketones (excluding diaryl/α,β-unsaturated/α-hetero) is 1. The third kappa shape index (κ3) is 3.02. The fourth-order valence-corrected chi connectivity index (χ4v) is 6.83. The molecule has 1 aromatic carbocycles. The van der Waals surface area contributed by atoms with Crippen LogP contribution in [0.1, 0.15) is 17.5 Å². The molecule has 0 bridgehead atoms. The minimum atomic E-state index is -2.70. The van der Waals surface area contributed by atoms with Gasteiger partial charge >= 0.3 is 0 Å². The number of carbonyl (C=O) groups excluding carboxylic acids is 3. The number of carbonyl (C=O) groups is 3. The number of aromatic hydroxyl groups is 1. The van der Waals surface area contributed by atoms with E-state index in [4.69, 9.17) is 17.3 Å². The lowest BCUT2D eigenvalue weighted by molar-refractivity contribution is -0.144. The Labute approximate surface area is 196 Å². The molecule has 4 rings (SSSR count). The number of fused-ring (bicyclic) bond motifs is 3. The molecule has 2 radical (unpaired) electrons. The first kappa shape index (κ1) is 23.2. The number of nitrogens with two attached hydrogens (primary N) is 1. The van der Waals surface area contributed by atoms with Gasteiger partial charge in [-0.25, -0.2) is 0 Å². The summed E-state index contributed by atoms with van der Waals surface area (Å²) < 4.78 is 0. The molecule has 1 fully saturated rings. The zero-order chi connectivity index (χ0) is 24.6. The third-order valence-electron chi connectivity index (χ3n) is 6.62. The average molecular weight is 489 g/mol. The van der Waals surface area contributed by atoms with Crippen molar-refractivity contribution in [3.05, 3.63) is 51.8 Å². The van der Waals surface area contributed by atoms with E-state index in [1.807, 2.05) is 0 Å². The number of halogens is 1. The van der Waals surface area contributed by atoms with Crippen molar-refractivity contribution >= 4 is 49.5 Å². The number of aliphatic hydroxyl groups excluding tert-OH is 2. The van der Waals surface area contributed by atoms with Gasteiger partial charge in [0.15, 0.2) is 15.1 Å². The Morgan fingerprint density at radius 1 is 1.24 bits per heavy atom. The van der Waals surface area contributed by atoms with Gasteiger partial charge in [-0.15, -0.1) is 0 Å². The Kier molecular flexibility index (Phi) is 5.32. The molecule has 4 atom stereocenters. The first-order valence-corrected chi connectivity index (χ1v) is 11.4. The fraction of sp³-hybridized carbons (Fsp3) is 0.318. The lowest BCUT2D eigenvalue weighted by Crippen LogP contribution is -2.60. The molecule has 1 amide bonds. The fourth-order valence-electron chi connectivity index (χ4n) is 5.06. The van der Waals surface area contributed by atoms with E-state index in [1.54, 1.807) is 19.0 Å². The second-order valence-electron chi connectivity index (χ2n) is 8.56. The number of phenolic OH excluding ortho intramolecular Hbond substituents is 1.